The van der Waals surface area contributed by atoms with E-state index in [2.05, 4.69) is 11.0 Å². The van der Waals surface area contributed by atoms with Crippen LogP contribution in [0.25, 0.3) is 6.08 Å². The zero-order valence-corrected chi connectivity index (χ0v) is 11.4. The van der Waals surface area contributed by atoms with Crippen molar-refractivity contribution in [1.82, 2.24) is 4.90 Å². The lowest BCUT2D eigenvalue weighted by Crippen LogP contribution is -2.45. The number of nitrogens with zero attached hydrogens (tertiary/aromatic N) is 1. The maximum Gasteiger partial charge on any atom is 0.123 e. The Hall–Kier alpha value is -1.15. The highest BCUT2D eigenvalue weighted by molar-refractivity contribution is 5.54. The topological polar surface area (TPSA) is 3.24 Å². The van der Waals surface area contributed by atoms with Crippen LogP contribution < -0.4 is 0 Å². The molecule has 1 unspecified atom stereocenters. The molecule has 2 heteroatoms. The standard InChI is InChI=1S/C17H22FN/c18-16-9-7-14(8-10-16)13-15-5-2-1-3-6-17(15)19-11-4-12-19/h7-10,13,17H,1-6,11-12H2. The minimum absolute atomic E-state index is 0.151. The summed E-state index contributed by atoms with van der Waals surface area (Å²) < 4.78 is 13.0. The lowest BCUT2D eigenvalue weighted by atomic mass is 9.95. The van der Waals surface area contributed by atoms with Gasteiger partial charge in [-0.15, -0.1) is 0 Å². The molecular formula is C17H22FN. The second kappa shape index (κ2) is 5.87. The van der Waals surface area contributed by atoms with Crippen LogP contribution in [0, 0.1) is 5.82 Å². The summed E-state index contributed by atoms with van der Waals surface area (Å²) in [6, 6.07) is 7.53. The van der Waals surface area contributed by atoms with E-state index in [4.69, 9.17) is 0 Å². The Morgan fingerprint density at radius 1 is 1.00 bits per heavy atom. The van der Waals surface area contributed by atoms with Gasteiger partial charge in [0.2, 0.25) is 0 Å². The van der Waals surface area contributed by atoms with Crippen LogP contribution in [-0.4, -0.2) is 24.0 Å². The lowest BCUT2D eigenvalue weighted by molar-refractivity contribution is 0.131. The fourth-order valence-electron chi connectivity index (χ4n) is 3.21. The molecule has 1 heterocycles. The molecular weight excluding hydrogens is 237 g/mol. The van der Waals surface area contributed by atoms with Crippen molar-refractivity contribution in [3.8, 4) is 0 Å². The van der Waals surface area contributed by atoms with Crippen molar-refractivity contribution < 1.29 is 4.39 Å². The molecule has 0 aromatic heterocycles. The zero-order chi connectivity index (χ0) is 13.1. The summed E-state index contributed by atoms with van der Waals surface area (Å²) >= 11 is 0. The first-order chi connectivity index (χ1) is 9.33. The highest BCUT2D eigenvalue weighted by Crippen LogP contribution is 2.31. The third kappa shape index (κ3) is 3.06. The number of hydrogen-bond donors (Lipinski definition) is 0. The molecule has 0 N–H and O–H groups in total. The van der Waals surface area contributed by atoms with Gasteiger partial charge in [0.05, 0.1) is 0 Å². The minimum atomic E-state index is -0.151. The van der Waals surface area contributed by atoms with Crippen LogP contribution in [0.1, 0.15) is 44.1 Å². The summed E-state index contributed by atoms with van der Waals surface area (Å²) in [6.45, 7) is 2.51. The smallest absolute Gasteiger partial charge is 0.123 e. The van der Waals surface area contributed by atoms with Gasteiger partial charge < -0.3 is 0 Å². The molecule has 0 spiro atoms. The number of halogens is 1. The van der Waals surface area contributed by atoms with Crippen LogP contribution in [-0.2, 0) is 0 Å². The second-order valence-corrected chi connectivity index (χ2v) is 5.78. The van der Waals surface area contributed by atoms with E-state index in [1.165, 1.54) is 51.6 Å². The fourth-order valence-corrected chi connectivity index (χ4v) is 3.21. The van der Waals surface area contributed by atoms with Gasteiger partial charge in [-0.3, -0.25) is 4.90 Å². The van der Waals surface area contributed by atoms with Gasteiger partial charge in [-0.25, -0.2) is 4.39 Å². The summed E-state index contributed by atoms with van der Waals surface area (Å²) in [5.41, 5.74) is 2.70. The van der Waals surface area contributed by atoms with Crippen LogP contribution in [0.3, 0.4) is 0 Å². The molecule has 0 bridgehead atoms. The van der Waals surface area contributed by atoms with E-state index in [9.17, 15) is 4.39 Å². The van der Waals surface area contributed by atoms with E-state index in [1.54, 1.807) is 17.7 Å². The predicted molar refractivity (Wildman–Crippen MR) is 77.4 cm³/mol. The first-order valence-electron chi connectivity index (χ1n) is 7.53. The molecule has 3 rings (SSSR count). The van der Waals surface area contributed by atoms with E-state index in [-0.39, 0.29) is 5.82 Å². The van der Waals surface area contributed by atoms with Crippen molar-refractivity contribution >= 4 is 6.08 Å². The van der Waals surface area contributed by atoms with Crippen LogP contribution in [0.5, 0.6) is 0 Å². The Labute approximate surface area is 115 Å². The number of likely N-dealkylation sites (tertiary alicyclic amines) is 1. The van der Waals surface area contributed by atoms with Gasteiger partial charge in [0, 0.05) is 6.04 Å². The average molecular weight is 259 g/mol. The highest BCUT2D eigenvalue weighted by atomic mass is 19.1. The van der Waals surface area contributed by atoms with Gasteiger partial charge in [0.1, 0.15) is 5.82 Å². The number of rotatable bonds is 2. The van der Waals surface area contributed by atoms with Crippen molar-refractivity contribution in [2.24, 2.45) is 0 Å². The molecule has 19 heavy (non-hydrogen) atoms. The van der Waals surface area contributed by atoms with Gasteiger partial charge in [-0.05, 0) is 56.5 Å². The van der Waals surface area contributed by atoms with Crippen molar-refractivity contribution in [3.05, 3.63) is 41.2 Å². The Kier molecular flexibility index (Phi) is 3.97. The van der Waals surface area contributed by atoms with Gasteiger partial charge in [-0.2, -0.15) is 0 Å². The minimum Gasteiger partial charge on any atom is -0.297 e. The Balaban J connectivity index is 1.82. The second-order valence-electron chi connectivity index (χ2n) is 5.78. The summed E-state index contributed by atoms with van der Waals surface area (Å²) in [4.78, 5) is 2.61. The van der Waals surface area contributed by atoms with E-state index < -0.39 is 0 Å². The highest BCUT2D eigenvalue weighted by Gasteiger charge is 2.27. The van der Waals surface area contributed by atoms with Crippen molar-refractivity contribution in [2.45, 2.75) is 44.6 Å². The normalized spacial score (nSPS) is 27.0. The quantitative estimate of drug-likeness (QED) is 0.718. The molecule has 102 valence electrons. The van der Waals surface area contributed by atoms with Crippen LogP contribution in [0.15, 0.2) is 29.8 Å². The van der Waals surface area contributed by atoms with Gasteiger partial charge in [0.25, 0.3) is 0 Å². The maximum atomic E-state index is 13.0. The fraction of sp³-hybridized carbons (Fsp3) is 0.529. The molecule has 1 aliphatic heterocycles. The summed E-state index contributed by atoms with van der Waals surface area (Å²) in [6.07, 6.45) is 10.2. The summed E-state index contributed by atoms with van der Waals surface area (Å²) in [5.74, 6) is -0.151. The third-order valence-electron chi connectivity index (χ3n) is 4.42. The third-order valence-corrected chi connectivity index (χ3v) is 4.42. The first kappa shape index (κ1) is 12.9. The van der Waals surface area contributed by atoms with Crippen LogP contribution in [0.2, 0.25) is 0 Å². The molecule has 1 atom stereocenters. The largest absolute Gasteiger partial charge is 0.297 e. The van der Waals surface area contributed by atoms with Crippen molar-refractivity contribution in [3.63, 3.8) is 0 Å². The average Bonchev–Trinajstić information content (AvgIpc) is 2.57. The van der Waals surface area contributed by atoms with E-state index in [0.717, 1.165) is 5.56 Å². The first-order valence-corrected chi connectivity index (χ1v) is 7.53. The van der Waals surface area contributed by atoms with E-state index in [0.29, 0.717) is 6.04 Å². The monoisotopic (exact) mass is 259 g/mol. The number of benzene rings is 1. The molecule has 0 amide bonds. The van der Waals surface area contributed by atoms with E-state index in [1.807, 2.05) is 12.1 Å². The molecule has 1 aromatic carbocycles. The predicted octanol–water partition coefficient (Wildman–Crippen LogP) is 4.25. The molecule has 1 nitrogen and oxygen atoms in total. The van der Waals surface area contributed by atoms with Crippen molar-refractivity contribution in [2.75, 3.05) is 13.1 Å². The Bertz CT molecular complexity index is 445. The van der Waals surface area contributed by atoms with Gasteiger partial charge >= 0.3 is 0 Å². The Morgan fingerprint density at radius 2 is 1.79 bits per heavy atom. The molecule has 1 saturated heterocycles. The number of hydrogen-bond acceptors (Lipinski definition) is 1. The molecule has 2 fully saturated rings. The van der Waals surface area contributed by atoms with E-state index >= 15 is 0 Å². The SMILES string of the molecule is Fc1ccc(C=C2CCCCCC2N2CCC2)cc1. The summed E-state index contributed by atoms with van der Waals surface area (Å²) in [7, 11) is 0. The van der Waals surface area contributed by atoms with Gasteiger partial charge in [0.15, 0.2) is 0 Å². The zero-order valence-electron chi connectivity index (χ0n) is 11.4. The molecule has 0 radical (unpaired) electrons. The molecule has 1 saturated carbocycles. The van der Waals surface area contributed by atoms with Crippen molar-refractivity contribution in [1.29, 1.82) is 0 Å². The molecule has 1 aliphatic carbocycles. The van der Waals surface area contributed by atoms with Gasteiger partial charge in [-0.1, -0.05) is 36.6 Å². The molecule has 1 aromatic rings. The van der Waals surface area contributed by atoms with Crippen LogP contribution >= 0.6 is 0 Å². The maximum absolute atomic E-state index is 13.0. The lowest BCUT2D eigenvalue weighted by Gasteiger charge is -2.39. The van der Waals surface area contributed by atoms with Crippen LogP contribution in [0.4, 0.5) is 4.39 Å². The molecule has 2 aliphatic rings. The Morgan fingerprint density at radius 3 is 2.47 bits per heavy atom. The summed E-state index contributed by atoms with van der Waals surface area (Å²) in [5, 5.41) is 0.